The second kappa shape index (κ2) is 2.72. The van der Waals surface area contributed by atoms with E-state index in [4.69, 9.17) is 4.74 Å². The molecule has 0 aliphatic carbocycles. The van der Waals surface area contributed by atoms with Crippen LogP contribution >= 0.6 is 0 Å². The lowest BCUT2D eigenvalue weighted by atomic mass is 10.1. The number of epoxide rings is 1. The van der Waals surface area contributed by atoms with Gasteiger partial charge in [0.05, 0.1) is 6.61 Å². The fourth-order valence-electron chi connectivity index (χ4n) is 1.10. The fourth-order valence-corrected chi connectivity index (χ4v) is 1.10. The Hall–Kier alpha value is -1.15. The highest BCUT2D eigenvalue weighted by atomic mass is 19.1. The van der Waals surface area contributed by atoms with Gasteiger partial charge in [-0.3, -0.25) is 0 Å². The second-order valence-corrected chi connectivity index (χ2v) is 2.85. The molecule has 0 saturated carbocycles. The van der Waals surface area contributed by atoms with Crippen LogP contribution in [0, 0.1) is 5.82 Å². The summed E-state index contributed by atoms with van der Waals surface area (Å²) in [5, 5.41) is 0. The Kier molecular flexibility index (Phi) is 1.70. The van der Waals surface area contributed by atoms with Crippen LogP contribution in [-0.2, 0) is 4.74 Å². The molecule has 1 fully saturated rings. The number of hydrogen-bond donors (Lipinski definition) is 0. The van der Waals surface area contributed by atoms with Gasteiger partial charge in [-0.15, -0.1) is 0 Å². The van der Waals surface area contributed by atoms with Gasteiger partial charge in [-0.05, 0) is 23.3 Å². The number of benzene rings is 1. The van der Waals surface area contributed by atoms with Gasteiger partial charge < -0.3 is 4.74 Å². The van der Waals surface area contributed by atoms with E-state index in [1.807, 2.05) is 0 Å². The van der Waals surface area contributed by atoms with E-state index in [9.17, 15) is 4.39 Å². The third kappa shape index (κ3) is 1.38. The van der Waals surface area contributed by atoms with Gasteiger partial charge in [0.2, 0.25) is 0 Å². The van der Waals surface area contributed by atoms with Crippen molar-refractivity contribution in [2.75, 3.05) is 6.61 Å². The van der Waals surface area contributed by atoms with Crippen LogP contribution in [-0.4, -0.2) is 12.7 Å². The molecule has 1 aliphatic rings. The summed E-state index contributed by atoms with van der Waals surface area (Å²) in [6, 6.07) is 6.31. The van der Waals surface area contributed by atoms with Crippen LogP contribution in [0.5, 0.6) is 0 Å². The zero-order chi connectivity index (χ0) is 8.55. The van der Waals surface area contributed by atoms with Crippen molar-refractivity contribution < 1.29 is 9.13 Å². The molecule has 1 aliphatic heterocycles. The number of halogens is 1. The molecule has 1 aromatic rings. The summed E-state index contributed by atoms with van der Waals surface area (Å²) in [5.74, 6) is -0.219. The predicted molar refractivity (Wildman–Crippen MR) is 45.2 cm³/mol. The van der Waals surface area contributed by atoms with E-state index < -0.39 is 0 Å². The van der Waals surface area contributed by atoms with E-state index in [0.29, 0.717) is 0 Å². The lowest BCUT2D eigenvalue weighted by molar-refractivity contribution is 0.445. The van der Waals surface area contributed by atoms with Gasteiger partial charge in [0.1, 0.15) is 11.9 Å². The SMILES string of the molecule is C=C(c1ccc(F)cc1)C1CO1. The van der Waals surface area contributed by atoms with Gasteiger partial charge in [-0.1, -0.05) is 18.7 Å². The largest absolute Gasteiger partial charge is 0.368 e. The summed E-state index contributed by atoms with van der Waals surface area (Å²) < 4.78 is 17.6. The van der Waals surface area contributed by atoms with Gasteiger partial charge in [-0.25, -0.2) is 4.39 Å². The van der Waals surface area contributed by atoms with E-state index >= 15 is 0 Å². The average Bonchev–Trinajstić information content (AvgIpc) is 2.87. The van der Waals surface area contributed by atoms with E-state index in [1.54, 1.807) is 12.1 Å². The van der Waals surface area contributed by atoms with Crippen LogP contribution in [0.2, 0.25) is 0 Å². The minimum absolute atomic E-state index is 0.162. The Morgan fingerprint density at radius 3 is 2.50 bits per heavy atom. The van der Waals surface area contributed by atoms with Crippen LogP contribution < -0.4 is 0 Å². The van der Waals surface area contributed by atoms with Gasteiger partial charge >= 0.3 is 0 Å². The summed E-state index contributed by atoms with van der Waals surface area (Å²) >= 11 is 0. The first-order valence-corrected chi connectivity index (χ1v) is 3.84. The maximum Gasteiger partial charge on any atom is 0.123 e. The molecule has 1 aromatic carbocycles. The zero-order valence-electron chi connectivity index (χ0n) is 6.59. The van der Waals surface area contributed by atoms with Crippen LogP contribution in [0.15, 0.2) is 30.8 Å². The Morgan fingerprint density at radius 1 is 1.42 bits per heavy atom. The fraction of sp³-hybridized carbons (Fsp3) is 0.200. The van der Waals surface area contributed by atoms with Crippen molar-refractivity contribution in [1.82, 2.24) is 0 Å². The molecule has 0 spiro atoms. The molecule has 0 radical (unpaired) electrons. The summed E-state index contributed by atoms with van der Waals surface area (Å²) in [7, 11) is 0. The molecular weight excluding hydrogens is 155 g/mol. The maximum atomic E-state index is 12.5. The van der Waals surface area contributed by atoms with Gasteiger partial charge in [0.15, 0.2) is 0 Å². The molecule has 1 unspecified atom stereocenters. The van der Waals surface area contributed by atoms with Crippen molar-refractivity contribution in [3.8, 4) is 0 Å². The molecule has 0 bridgehead atoms. The summed E-state index contributed by atoms with van der Waals surface area (Å²) in [6.45, 7) is 4.62. The number of rotatable bonds is 2. The molecule has 2 rings (SSSR count). The van der Waals surface area contributed by atoms with Crippen LogP contribution in [0.25, 0.3) is 5.57 Å². The quantitative estimate of drug-likeness (QED) is 0.610. The van der Waals surface area contributed by atoms with Crippen molar-refractivity contribution in [1.29, 1.82) is 0 Å². The lowest BCUT2D eigenvalue weighted by Gasteiger charge is -2.00. The molecule has 2 heteroatoms. The Balaban J connectivity index is 2.22. The molecule has 12 heavy (non-hydrogen) atoms. The Labute approximate surface area is 70.5 Å². The monoisotopic (exact) mass is 164 g/mol. The van der Waals surface area contributed by atoms with Crippen molar-refractivity contribution in [3.05, 3.63) is 42.2 Å². The molecule has 1 saturated heterocycles. The van der Waals surface area contributed by atoms with Crippen molar-refractivity contribution >= 4 is 5.57 Å². The van der Waals surface area contributed by atoms with Crippen molar-refractivity contribution in [3.63, 3.8) is 0 Å². The molecule has 0 N–H and O–H groups in total. The zero-order valence-corrected chi connectivity index (χ0v) is 6.59. The molecule has 0 aromatic heterocycles. The van der Waals surface area contributed by atoms with Crippen LogP contribution in [0.3, 0.4) is 0 Å². The van der Waals surface area contributed by atoms with Gasteiger partial charge in [0.25, 0.3) is 0 Å². The highest BCUT2D eigenvalue weighted by Crippen LogP contribution is 2.26. The number of hydrogen-bond acceptors (Lipinski definition) is 1. The standard InChI is InChI=1S/C10H9FO/c1-7(10-6-12-10)8-2-4-9(11)5-3-8/h2-5,10H,1,6H2. The highest BCUT2D eigenvalue weighted by molar-refractivity contribution is 5.68. The summed E-state index contributed by atoms with van der Waals surface area (Å²) in [4.78, 5) is 0. The lowest BCUT2D eigenvalue weighted by Crippen LogP contribution is -1.90. The van der Waals surface area contributed by atoms with Crippen LogP contribution in [0.4, 0.5) is 4.39 Å². The first-order valence-electron chi connectivity index (χ1n) is 3.84. The molecule has 1 atom stereocenters. The van der Waals surface area contributed by atoms with Crippen molar-refractivity contribution in [2.45, 2.75) is 6.10 Å². The second-order valence-electron chi connectivity index (χ2n) is 2.85. The predicted octanol–water partition coefficient (Wildman–Crippen LogP) is 2.24. The minimum Gasteiger partial charge on any atom is -0.368 e. The normalized spacial score (nSPS) is 20.6. The summed E-state index contributed by atoms with van der Waals surface area (Å²) in [6.07, 6.45) is 0.162. The molecule has 62 valence electrons. The number of ether oxygens (including phenoxy) is 1. The van der Waals surface area contributed by atoms with E-state index in [1.165, 1.54) is 12.1 Å². The topological polar surface area (TPSA) is 12.5 Å². The van der Waals surface area contributed by atoms with E-state index in [0.717, 1.165) is 17.7 Å². The molecule has 1 heterocycles. The molecule has 1 nitrogen and oxygen atoms in total. The van der Waals surface area contributed by atoms with Gasteiger partial charge in [0, 0.05) is 0 Å². The third-order valence-corrected chi connectivity index (χ3v) is 1.94. The van der Waals surface area contributed by atoms with E-state index in [-0.39, 0.29) is 11.9 Å². The molecule has 0 amide bonds. The summed E-state index contributed by atoms with van der Waals surface area (Å²) in [5.41, 5.74) is 1.90. The first kappa shape index (κ1) is 7.50. The molecular formula is C10H9FO. The minimum atomic E-state index is -0.219. The average molecular weight is 164 g/mol. The van der Waals surface area contributed by atoms with Crippen LogP contribution in [0.1, 0.15) is 5.56 Å². The van der Waals surface area contributed by atoms with E-state index in [2.05, 4.69) is 6.58 Å². The Morgan fingerprint density at radius 2 is 2.00 bits per heavy atom. The van der Waals surface area contributed by atoms with Gasteiger partial charge in [-0.2, -0.15) is 0 Å². The smallest absolute Gasteiger partial charge is 0.123 e. The maximum absolute atomic E-state index is 12.5. The van der Waals surface area contributed by atoms with Crippen molar-refractivity contribution in [2.24, 2.45) is 0 Å². The highest BCUT2D eigenvalue weighted by Gasteiger charge is 2.26. The third-order valence-electron chi connectivity index (χ3n) is 1.94. The Bertz CT molecular complexity index is 298. The first-order chi connectivity index (χ1) is 5.77.